The second kappa shape index (κ2) is 8.47. The number of hydrogen-bond acceptors (Lipinski definition) is 3. The van der Waals surface area contributed by atoms with E-state index in [1.165, 1.54) is 0 Å². The first-order chi connectivity index (χ1) is 7.90. The van der Waals surface area contributed by atoms with Gasteiger partial charge in [-0.05, 0) is 19.3 Å². The molecule has 0 aromatic rings. The summed E-state index contributed by atoms with van der Waals surface area (Å²) in [4.78, 5) is 11.8. The Morgan fingerprint density at radius 2 is 1.76 bits per heavy atom. The lowest BCUT2D eigenvalue weighted by atomic mass is 9.97. The molecule has 0 heterocycles. The number of amides is 1. The predicted octanol–water partition coefficient (Wildman–Crippen LogP) is 0.998. The van der Waals surface area contributed by atoms with E-state index < -0.39 is 10.0 Å². The molecule has 17 heavy (non-hydrogen) atoms. The van der Waals surface area contributed by atoms with Crippen LogP contribution in [0.25, 0.3) is 0 Å². The second-order valence-corrected chi connectivity index (χ2v) is 6.02. The Morgan fingerprint density at radius 3 is 2.18 bits per heavy atom. The number of carbonyl (C=O) groups is 1. The van der Waals surface area contributed by atoms with Crippen LogP contribution in [0.2, 0.25) is 0 Å². The minimum absolute atomic E-state index is 0.0307. The van der Waals surface area contributed by atoms with E-state index in [4.69, 9.17) is 5.14 Å². The fourth-order valence-electron chi connectivity index (χ4n) is 1.73. The number of hydrogen-bond donors (Lipinski definition) is 2. The predicted molar refractivity (Wildman–Crippen MR) is 68.9 cm³/mol. The average Bonchev–Trinajstić information content (AvgIpc) is 2.22. The minimum Gasteiger partial charge on any atom is -0.356 e. The zero-order valence-electron chi connectivity index (χ0n) is 10.7. The Balaban J connectivity index is 3.89. The molecule has 0 radical (unpaired) electrons. The first-order valence-electron chi connectivity index (χ1n) is 6.18. The summed E-state index contributed by atoms with van der Waals surface area (Å²) in [5.74, 6) is 0.00192. The molecule has 0 saturated heterocycles. The molecule has 0 aliphatic heterocycles. The van der Waals surface area contributed by atoms with Gasteiger partial charge < -0.3 is 5.32 Å². The normalized spacial score (nSPS) is 11.8. The molecular formula is C11H24N2O3S. The Kier molecular flexibility index (Phi) is 8.16. The van der Waals surface area contributed by atoms with E-state index in [-0.39, 0.29) is 17.6 Å². The van der Waals surface area contributed by atoms with E-state index in [1.807, 2.05) is 0 Å². The van der Waals surface area contributed by atoms with Gasteiger partial charge in [0.2, 0.25) is 15.9 Å². The molecule has 0 aliphatic rings. The lowest BCUT2D eigenvalue weighted by Gasteiger charge is -2.14. The molecule has 0 fully saturated rings. The van der Waals surface area contributed by atoms with Crippen LogP contribution in [-0.4, -0.2) is 26.6 Å². The molecule has 0 unspecified atom stereocenters. The van der Waals surface area contributed by atoms with Gasteiger partial charge in [0.05, 0.1) is 5.75 Å². The molecule has 6 heteroatoms. The van der Waals surface area contributed by atoms with Crippen LogP contribution in [0.5, 0.6) is 0 Å². The summed E-state index contributed by atoms with van der Waals surface area (Å²) in [7, 11) is -3.41. The molecule has 1 amide bonds. The third kappa shape index (κ3) is 9.12. The van der Waals surface area contributed by atoms with Crippen molar-refractivity contribution < 1.29 is 13.2 Å². The number of carbonyl (C=O) groups excluding carboxylic acids is 1. The van der Waals surface area contributed by atoms with Crippen LogP contribution >= 0.6 is 0 Å². The Bertz CT molecular complexity index is 309. The van der Waals surface area contributed by atoms with E-state index in [1.54, 1.807) is 0 Å². The highest BCUT2D eigenvalue weighted by Crippen LogP contribution is 2.13. The molecule has 3 N–H and O–H groups in total. The van der Waals surface area contributed by atoms with E-state index in [0.29, 0.717) is 13.0 Å². The van der Waals surface area contributed by atoms with Crippen LogP contribution in [0.4, 0.5) is 0 Å². The standard InChI is InChI=1S/C11H24N2O3S/c1-3-6-10(7-4-2)11(14)13-8-5-9-17(12,15)16/h10H,3-9H2,1-2H3,(H,13,14)(H2,12,15,16). The summed E-state index contributed by atoms with van der Waals surface area (Å²) in [5.41, 5.74) is 0. The van der Waals surface area contributed by atoms with Crippen LogP contribution in [0.15, 0.2) is 0 Å². The van der Waals surface area contributed by atoms with Crippen molar-refractivity contribution in [1.82, 2.24) is 5.32 Å². The monoisotopic (exact) mass is 264 g/mol. The topological polar surface area (TPSA) is 89.3 Å². The van der Waals surface area contributed by atoms with Crippen molar-refractivity contribution in [3.8, 4) is 0 Å². The smallest absolute Gasteiger partial charge is 0.223 e. The lowest BCUT2D eigenvalue weighted by molar-refractivity contribution is -0.125. The first-order valence-corrected chi connectivity index (χ1v) is 7.90. The van der Waals surface area contributed by atoms with Gasteiger partial charge in [-0.1, -0.05) is 26.7 Å². The average molecular weight is 264 g/mol. The number of primary sulfonamides is 1. The summed E-state index contributed by atoms with van der Waals surface area (Å²) >= 11 is 0. The van der Waals surface area contributed by atoms with Crippen LogP contribution in [-0.2, 0) is 14.8 Å². The zero-order valence-corrected chi connectivity index (χ0v) is 11.6. The van der Waals surface area contributed by atoms with Crippen molar-refractivity contribution in [2.75, 3.05) is 12.3 Å². The van der Waals surface area contributed by atoms with Crippen molar-refractivity contribution in [3.63, 3.8) is 0 Å². The van der Waals surface area contributed by atoms with Gasteiger partial charge in [-0.25, -0.2) is 13.6 Å². The molecular weight excluding hydrogens is 240 g/mol. The quantitative estimate of drug-likeness (QED) is 0.609. The fraction of sp³-hybridized carbons (Fsp3) is 0.909. The van der Waals surface area contributed by atoms with Crippen molar-refractivity contribution in [2.24, 2.45) is 11.1 Å². The zero-order chi connectivity index (χ0) is 13.3. The van der Waals surface area contributed by atoms with Crippen molar-refractivity contribution in [1.29, 1.82) is 0 Å². The highest BCUT2D eigenvalue weighted by molar-refractivity contribution is 7.89. The largest absolute Gasteiger partial charge is 0.356 e. The highest BCUT2D eigenvalue weighted by Gasteiger charge is 2.15. The van der Waals surface area contributed by atoms with Crippen LogP contribution < -0.4 is 10.5 Å². The number of rotatable bonds is 9. The number of nitrogens with two attached hydrogens (primary N) is 1. The molecule has 0 saturated carbocycles. The molecule has 0 spiro atoms. The summed E-state index contributed by atoms with van der Waals surface area (Å²) in [5, 5.41) is 7.63. The minimum atomic E-state index is -3.41. The molecule has 0 aromatic carbocycles. The molecule has 0 bridgehead atoms. The molecule has 5 nitrogen and oxygen atoms in total. The maximum absolute atomic E-state index is 11.8. The Labute approximate surface area is 104 Å². The molecule has 102 valence electrons. The van der Waals surface area contributed by atoms with E-state index in [2.05, 4.69) is 19.2 Å². The molecule has 0 atom stereocenters. The Morgan fingerprint density at radius 1 is 1.24 bits per heavy atom. The SMILES string of the molecule is CCCC(CCC)C(=O)NCCCS(N)(=O)=O. The van der Waals surface area contributed by atoms with E-state index in [9.17, 15) is 13.2 Å². The summed E-state index contributed by atoms with van der Waals surface area (Å²) < 4.78 is 21.4. The number of nitrogens with one attached hydrogen (secondary N) is 1. The molecule has 0 aromatic heterocycles. The van der Waals surface area contributed by atoms with E-state index in [0.717, 1.165) is 25.7 Å². The van der Waals surface area contributed by atoms with Gasteiger partial charge in [0.15, 0.2) is 0 Å². The van der Waals surface area contributed by atoms with Crippen LogP contribution in [0, 0.1) is 5.92 Å². The summed E-state index contributed by atoms with van der Waals surface area (Å²) in [6, 6.07) is 0. The third-order valence-electron chi connectivity index (χ3n) is 2.55. The highest BCUT2D eigenvalue weighted by atomic mass is 32.2. The maximum Gasteiger partial charge on any atom is 0.223 e. The molecule has 0 aliphatic carbocycles. The first kappa shape index (κ1) is 16.4. The van der Waals surface area contributed by atoms with Crippen molar-refractivity contribution >= 4 is 15.9 Å². The van der Waals surface area contributed by atoms with Gasteiger partial charge in [0.1, 0.15) is 0 Å². The summed E-state index contributed by atoms with van der Waals surface area (Å²) in [6.45, 7) is 4.48. The molecule has 0 rings (SSSR count). The van der Waals surface area contributed by atoms with Crippen molar-refractivity contribution in [2.45, 2.75) is 46.0 Å². The van der Waals surface area contributed by atoms with Gasteiger partial charge in [0, 0.05) is 12.5 Å². The van der Waals surface area contributed by atoms with Gasteiger partial charge in [-0.15, -0.1) is 0 Å². The van der Waals surface area contributed by atoms with Crippen LogP contribution in [0.3, 0.4) is 0 Å². The Hall–Kier alpha value is -0.620. The van der Waals surface area contributed by atoms with Crippen molar-refractivity contribution in [3.05, 3.63) is 0 Å². The van der Waals surface area contributed by atoms with Gasteiger partial charge in [-0.3, -0.25) is 4.79 Å². The summed E-state index contributed by atoms with van der Waals surface area (Å²) in [6.07, 6.45) is 4.10. The maximum atomic E-state index is 11.8. The van der Waals surface area contributed by atoms with Crippen LogP contribution in [0.1, 0.15) is 46.0 Å². The van der Waals surface area contributed by atoms with E-state index >= 15 is 0 Å². The number of sulfonamides is 1. The fourth-order valence-corrected chi connectivity index (χ4v) is 2.28. The van der Waals surface area contributed by atoms with Gasteiger partial charge in [-0.2, -0.15) is 0 Å². The van der Waals surface area contributed by atoms with Gasteiger partial charge >= 0.3 is 0 Å². The van der Waals surface area contributed by atoms with Gasteiger partial charge in [0.25, 0.3) is 0 Å². The third-order valence-corrected chi connectivity index (χ3v) is 3.41. The second-order valence-electron chi connectivity index (χ2n) is 4.29. The lowest BCUT2D eigenvalue weighted by Crippen LogP contribution is -2.32.